The van der Waals surface area contributed by atoms with Gasteiger partial charge in [-0.3, -0.25) is 4.79 Å². The van der Waals surface area contributed by atoms with E-state index in [4.69, 9.17) is 14.7 Å². The molecule has 1 aromatic carbocycles. The van der Waals surface area contributed by atoms with Crippen LogP contribution in [0.2, 0.25) is 0 Å². The lowest BCUT2D eigenvalue weighted by Crippen LogP contribution is -2.49. The van der Waals surface area contributed by atoms with E-state index in [1.54, 1.807) is 7.11 Å². The van der Waals surface area contributed by atoms with E-state index in [0.29, 0.717) is 24.6 Å². The molecule has 0 radical (unpaired) electrons. The van der Waals surface area contributed by atoms with Crippen LogP contribution in [0, 0.1) is 5.92 Å². The first-order chi connectivity index (χ1) is 17.6. The van der Waals surface area contributed by atoms with Crippen LogP contribution in [0.15, 0.2) is 24.3 Å². The van der Waals surface area contributed by atoms with Gasteiger partial charge in [0.15, 0.2) is 0 Å². The maximum absolute atomic E-state index is 13.2. The third-order valence-corrected chi connectivity index (χ3v) is 9.45. The van der Waals surface area contributed by atoms with Gasteiger partial charge in [-0.25, -0.2) is 9.97 Å². The first kappa shape index (κ1) is 23.7. The van der Waals surface area contributed by atoms with Crippen LogP contribution in [0.25, 0.3) is 10.2 Å². The molecule has 2 aliphatic carbocycles. The van der Waals surface area contributed by atoms with Crippen LogP contribution in [-0.2, 0) is 12.8 Å². The summed E-state index contributed by atoms with van der Waals surface area (Å²) in [7, 11) is 1.64. The summed E-state index contributed by atoms with van der Waals surface area (Å²) in [6.45, 7) is 5.36. The molecule has 6 rings (SSSR count). The van der Waals surface area contributed by atoms with Crippen LogP contribution >= 0.6 is 11.3 Å². The van der Waals surface area contributed by atoms with E-state index in [-0.39, 0.29) is 5.91 Å². The molecule has 3 aromatic rings. The molecule has 190 valence electrons. The van der Waals surface area contributed by atoms with Crippen molar-refractivity contribution in [2.24, 2.45) is 5.92 Å². The minimum atomic E-state index is 0.0752. The fraction of sp³-hybridized carbons (Fsp3) is 0.552. The largest absolute Gasteiger partial charge is 0.497 e. The molecule has 6 nitrogen and oxygen atoms in total. The molecule has 2 aromatic heterocycles. The molecule has 0 N–H and O–H groups in total. The van der Waals surface area contributed by atoms with Gasteiger partial charge in [0.05, 0.1) is 12.5 Å². The number of carbonyl (C=O) groups excluding carboxylic acids is 1. The number of hydrogen-bond acceptors (Lipinski definition) is 6. The molecule has 1 saturated carbocycles. The molecule has 2 fully saturated rings. The SMILES string of the molecule is COc1cccc(C(=O)N2CCN(c3nc(C4CCCCC4)nc4sc5c(c34)CCC(C)C5)CC2)c1. The average molecular weight is 505 g/mol. The summed E-state index contributed by atoms with van der Waals surface area (Å²) >= 11 is 1.91. The Hall–Kier alpha value is -2.67. The molecule has 1 amide bonds. The quantitative estimate of drug-likeness (QED) is 0.447. The Morgan fingerprint density at radius 3 is 2.64 bits per heavy atom. The van der Waals surface area contributed by atoms with Gasteiger partial charge < -0.3 is 14.5 Å². The predicted octanol–water partition coefficient (Wildman–Crippen LogP) is 5.83. The molecule has 1 saturated heterocycles. The number of benzene rings is 1. The highest BCUT2D eigenvalue weighted by molar-refractivity contribution is 7.19. The van der Waals surface area contributed by atoms with Gasteiger partial charge in [0.25, 0.3) is 5.91 Å². The van der Waals surface area contributed by atoms with Gasteiger partial charge in [-0.15, -0.1) is 11.3 Å². The van der Waals surface area contributed by atoms with Gasteiger partial charge in [-0.2, -0.15) is 0 Å². The fourth-order valence-electron chi connectivity index (χ4n) is 6.17. The monoisotopic (exact) mass is 504 g/mol. The number of rotatable bonds is 4. The Morgan fingerprint density at radius 1 is 1.06 bits per heavy atom. The van der Waals surface area contributed by atoms with Crippen LogP contribution in [0.5, 0.6) is 5.75 Å². The standard InChI is InChI=1S/C29H36N4O2S/c1-19-11-12-23-24(17-19)36-28-25(23)27(30-26(31-28)20-7-4-3-5-8-20)32-13-15-33(16-14-32)29(34)21-9-6-10-22(18-21)35-2/h6,9-10,18-20H,3-5,7-8,11-17H2,1-2H3. The van der Waals surface area contributed by atoms with Crippen molar-refractivity contribution in [3.8, 4) is 5.75 Å². The molecular formula is C29H36N4O2S. The van der Waals surface area contributed by atoms with E-state index >= 15 is 0 Å². The molecule has 1 aliphatic heterocycles. The zero-order valence-corrected chi connectivity index (χ0v) is 22.3. The highest BCUT2D eigenvalue weighted by atomic mass is 32.1. The van der Waals surface area contributed by atoms with Crippen LogP contribution in [-0.4, -0.2) is 54.1 Å². The summed E-state index contributed by atoms with van der Waals surface area (Å²) in [6, 6.07) is 7.46. The summed E-state index contributed by atoms with van der Waals surface area (Å²) in [5.74, 6) is 4.20. The molecule has 0 bridgehead atoms. The number of aryl methyl sites for hydroxylation is 1. The van der Waals surface area contributed by atoms with Crippen LogP contribution in [0.3, 0.4) is 0 Å². The van der Waals surface area contributed by atoms with Crippen molar-refractivity contribution in [1.29, 1.82) is 0 Å². The zero-order chi connectivity index (χ0) is 24.6. The van der Waals surface area contributed by atoms with Gasteiger partial charge in [0.2, 0.25) is 0 Å². The third-order valence-electron chi connectivity index (χ3n) is 8.31. The number of fused-ring (bicyclic) bond motifs is 3. The van der Waals surface area contributed by atoms with E-state index in [1.807, 2.05) is 40.5 Å². The number of carbonyl (C=O) groups is 1. The number of amides is 1. The molecule has 3 heterocycles. The molecule has 3 aliphatic rings. The number of thiophene rings is 1. The molecule has 0 spiro atoms. The number of methoxy groups -OCH3 is 1. The molecule has 36 heavy (non-hydrogen) atoms. The Kier molecular flexibility index (Phi) is 6.59. The van der Waals surface area contributed by atoms with Crippen molar-refractivity contribution < 1.29 is 9.53 Å². The first-order valence-corrected chi connectivity index (χ1v) is 14.4. The van der Waals surface area contributed by atoms with Gasteiger partial charge >= 0.3 is 0 Å². The highest BCUT2D eigenvalue weighted by Crippen LogP contribution is 2.43. The maximum Gasteiger partial charge on any atom is 0.254 e. The van der Waals surface area contributed by atoms with Crippen molar-refractivity contribution in [3.05, 3.63) is 46.1 Å². The van der Waals surface area contributed by atoms with Gasteiger partial charge in [-0.05, 0) is 61.8 Å². The number of nitrogens with zero attached hydrogens (tertiary/aromatic N) is 4. The summed E-state index contributed by atoms with van der Waals surface area (Å²) in [6.07, 6.45) is 9.84. The van der Waals surface area contributed by atoms with E-state index in [0.717, 1.165) is 49.2 Å². The Labute approximate surface area is 217 Å². The van der Waals surface area contributed by atoms with E-state index in [1.165, 1.54) is 59.2 Å². The van der Waals surface area contributed by atoms with Gasteiger partial charge in [-0.1, -0.05) is 32.3 Å². The van der Waals surface area contributed by atoms with Crippen molar-refractivity contribution in [2.75, 3.05) is 38.2 Å². The lowest BCUT2D eigenvalue weighted by atomic mass is 9.88. The van der Waals surface area contributed by atoms with Crippen molar-refractivity contribution in [2.45, 2.75) is 64.2 Å². The van der Waals surface area contributed by atoms with Gasteiger partial charge in [0, 0.05) is 42.5 Å². The van der Waals surface area contributed by atoms with E-state index in [2.05, 4.69) is 11.8 Å². The summed E-state index contributed by atoms with van der Waals surface area (Å²) < 4.78 is 5.32. The third kappa shape index (κ3) is 4.47. The lowest BCUT2D eigenvalue weighted by Gasteiger charge is -2.36. The first-order valence-electron chi connectivity index (χ1n) is 13.6. The summed E-state index contributed by atoms with van der Waals surface area (Å²) in [5, 5.41) is 1.30. The molecule has 1 unspecified atom stereocenters. The smallest absolute Gasteiger partial charge is 0.254 e. The summed E-state index contributed by atoms with van der Waals surface area (Å²) in [4.78, 5) is 30.8. The second-order valence-corrected chi connectivity index (χ2v) is 11.9. The van der Waals surface area contributed by atoms with E-state index < -0.39 is 0 Å². The maximum atomic E-state index is 13.2. The number of hydrogen-bond donors (Lipinski definition) is 0. The number of anilines is 1. The van der Waals surface area contributed by atoms with Crippen LogP contribution in [0.1, 0.15) is 78.0 Å². The van der Waals surface area contributed by atoms with Crippen LogP contribution in [0.4, 0.5) is 5.82 Å². The zero-order valence-electron chi connectivity index (χ0n) is 21.5. The molecular weight excluding hydrogens is 468 g/mol. The lowest BCUT2D eigenvalue weighted by molar-refractivity contribution is 0.0746. The summed E-state index contributed by atoms with van der Waals surface area (Å²) in [5.41, 5.74) is 2.18. The minimum absolute atomic E-state index is 0.0752. The fourth-order valence-corrected chi connectivity index (χ4v) is 7.56. The van der Waals surface area contributed by atoms with Crippen molar-refractivity contribution in [1.82, 2.24) is 14.9 Å². The average Bonchev–Trinajstić information content (AvgIpc) is 3.30. The second-order valence-electron chi connectivity index (χ2n) is 10.8. The number of aromatic nitrogens is 2. The van der Waals surface area contributed by atoms with Crippen molar-refractivity contribution >= 4 is 33.3 Å². The van der Waals surface area contributed by atoms with Crippen molar-refractivity contribution in [3.63, 3.8) is 0 Å². The predicted molar refractivity (Wildman–Crippen MR) is 146 cm³/mol. The minimum Gasteiger partial charge on any atom is -0.497 e. The normalized spacial score (nSPS) is 21.0. The van der Waals surface area contributed by atoms with Crippen LogP contribution < -0.4 is 9.64 Å². The molecule has 7 heteroatoms. The molecule has 1 atom stereocenters. The number of piperazine rings is 1. The topological polar surface area (TPSA) is 58.6 Å². The Morgan fingerprint density at radius 2 is 1.86 bits per heavy atom. The Bertz CT molecular complexity index is 1260. The van der Waals surface area contributed by atoms with Gasteiger partial charge in [0.1, 0.15) is 22.2 Å². The second kappa shape index (κ2) is 10.0. The highest BCUT2D eigenvalue weighted by Gasteiger charge is 2.30. The Balaban J connectivity index is 1.29. The number of ether oxygens (including phenoxy) is 1. The van der Waals surface area contributed by atoms with E-state index in [9.17, 15) is 4.79 Å².